The average Bonchev–Trinajstić information content (AvgIpc) is 2.75. The fraction of sp³-hybridized carbons (Fsp3) is 0.385. The summed E-state index contributed by atoms with van der Waals surface area (Å²) in [6, 6.07) is 5.75. The first kappa shape index (κ1) is 13.7. The number of carboxylic acids is 1. The number of methoxy groups -OCH3 is 1. The van der Waals surface area contributed by atoms with E-state index in [1.165, 1.54) is 11.8 Å². The van der Waals surface area contributed by atoms with Gasteiger partial charge in [0.25, 0.3) is 0 Å². The van der Waals surface area contributed by atoms with E-state index in [9.17, 15) is 4.79 Å². The number of nitrogens with zero attached hydrogens (tertiary/aromatic N) is 2. The maximum absolute atomic E-state index is 10.7. The number of carboxylic acid groups (broad SMARTS) is 1. The van der Waals surface area contributed by atoms with Crippen molar-refractivity contribution in [3.8, 4) is 5.75 Å². The zero-order chi connectivity index (χ0) is 13.8. The molecule has 1 aromatic carbocycles. The van der Waals surface area contributed by atoms with Crippen LogP contribution in [-0.4, -0.2) is 33.5 Å². The fourth-order valence-electron chi connectivity index (χ4n) is 1.94. The molecule has 1 aromatic heterocycles. The number of rotatable bonds is 6. The van der Waals surface area contributed by atoms with E-state index in [1.807, 2.05) is 22.8 Å². The molecule has 5 nitrogen and oxygen atoms in total. The summed E-state index contributed by atoms with van der Waals surface area (Å²) in [6.07, 6.45) is 0.962. The van der Waals surface area contributed by atoms with E-state index in [0.717, 1.165) is 29.2 Å². The number of benzene rings is 1. The molecule has 1 heterocycles. The Morgan fingerprint density at radius 2 is 2.32 bits per heavy atom. The minimum absolute atomic E-state index is 0.00928. The van der Waals surface area contributed by atoms with Crippen LogP contribution in [0.4, 0.5) is 0 Å². The van der Waals surface area contributed by atoms with Gasteiger partial charge in [-0.2, -0.15) is 0 Å². The topological polar surface area (TPSA) is 64.4 Å². The van der Waals surface area contributed by atoms with Crippen molar-refractivity contribution in [2.45, 2.75) is 25.0 Å². The Labute approximate surface area is 115 Å². The highest BCUT2D eigenvalue weighted by Gasteiger charge is 2.14. The zero-order valence-electron chi connectivity index (χ0n) is 10.9. The van der Waals surface area contributed by atoms with Gasteiger partial charge in [-0.25, -0.2) is 4.98 Å². The van der Waals surface area contributed by atoms with Crippen molar-refractivity contribution in [1.29, 1.82) is 0 Å². The summed E-state index contributed by atoms with van der Waals surface area (Å²) in [5, 5.41) is 9.51. The highest BCUT2D eigenvalue weighted by Crippen LogP contribution is 2.30. The molecule has 6 heteroatoms. The molecule has 0 aliphatic carbocycles. The number of ether oxygens (including phenoxy) is 1. The monoisotopic (exact) mass is 280 g/mol. The Balaban J connectivity index is 2.49. The minimum Gasteiger partial charge on any atom is -0.494 e. The second kappa shape index (κ2) is 5.97. The van der Waals surface area contributed by atoms with Crippen molar-refractivity contribution in [2.24, 2.45) is 0 Å². The Morgan fingerprint density at radius 3 is 2.95 bits per heavy atom. The predicted molar refractivity (Wildman–Crippen MR) is 74.9 cm³/mol. The Morgan fingerprint density at radius 1 is 1.53 bits per heavy atom. The van der Waals surface area contributed by atoms with Crippen LogP contribution in [0.3, 0.4) is 0 Å². The largest absolute Gasteiger partial charge is 0.494 e. The van der Waals surface area contributed by atoms with Crippen LogP contribution < -0.4 is 4.74 Å². The van der Waals surface area contributed by atoms with Gasteiger partial charge in [-0.05, 0) is 18.6 Å². The second-order valence-corrected chi connectivity index (χ2v) is 5.00. The number of hydrogen-bond acceptors (Lipinski definition) is 4. The van der Waals surface area contributed by atoms with Gasteiger partial charge in [-0.1, -0.05) is 24.8 Å². The lowest BCUT2D eigenvalue weighted by Crippen LogP contribution is -2.03. The van der Waals surface area contributed by atoms with Crippen LogP contribution in [-0.2, 0) is 11.3 Å². The van der Waals surface area contributed by atoms with Crippen LogP contribution >= 0.6 is 11.8 Å². The molecule has 1 N–H and O–H groups in total. The Kier molecular flexibility index (Phi) is 4.31. The molecule has 2 rings (SSSR count). The second-order valence-electron chi connectivity index (χ2n) is 4.06. The molecule has 0 spiro atoms. The molecule has 19 heavy (non-hydrogen) atoms. The quantitative estimate of drug-likeness (QED) is 0.824. The number of thioether (sulfide) groups is 1. The van der Waals surface area contributed by atoms with Gasteiger partial charge in [-0.3, -0.25) is 4.79 Å². The third-order valence-corrected chi connectivity index (χ3v) is 3.66. The number of aliphatic carboxylic acids is 1. The summed E-state index contributed by atoms with van der Waals surface area (Å²) < 4.78 is 7.35. The normalized spacial score (nSPS) is 10.8. The van der Waals surface area contributed by atoms with Crippen LogP contribution in [0.15, 0.2) is 23.4 Å². The van der Waals surface area contributed by atoms with Crippen LogP contribution in [0.1, 0.15) is 13.3 Å². The molecule has 0 unspecified atom stereocenters. The molecular formula is C13H16N2O3S. The van der Waals surface area contributed by atoms with Crippen LogP contribution in [0, 0.1) is 0 Å². The van der Waals surface area contributed by atoms with Crippen molar-refractivity contribution >= 4 is 28.8 Å². The van der Waals surface area contributed by atoms with Crippen molar-refractivity contribution in [3.63, 3.8) is 0 Å². The van der Waals surface area contributed by atoms with E-state index < -0.39 is 5.97 Å². The first-order valence-electron chi connectivity index (χ1n) is 6.05. The maximum atomic E-state index is 10.7. The molecule has 0 aliphatic rings. The molecule has 0 bridgehead atoms. The van der Waals surface area contributed by atoms with Crippen molar-refractivity contribution in [2.75, 3.05) is 12.9 Å². The van der Waals surface area contributed by atoms with E-state index in [2.05, 4.69) is 11.9 Å². The van der Waals surface area contributed by atoms with Gasteiger partial charge in [0.1, 0.15) is 11.3 Å². The summed E-state index contributed by atoms with van der Waals surface area (Å²) in [5.74, 6) is -0.119. The van der Waals surface area contributed by atoms with E-state index in [4.69, 9.17) is 9.84 Å². The molecule has 0 atom stereocenters. The zero-order valence-corrected chi connectivity index (χ0v) is 11.7. The number of aryl methyl sites for hydroxylation is 1. The smallest absolute Gasteiger partial charge is 0.313 e. The Bertz CT molecular complexity index is 595. The number of carbonyl (C=O) groups is 1. The van der Waals surface area contributed by atoms with E-state index >= 15 is 0 Å². The van der Waals surface area contributed by atoms with E-state index in [0.29, 0.717) is 5.75 Å². The highest BCUT2D eigenvalue weighted by atomic mass is 32.2. The summed E-state index contributed by atoms with van der Waals surface area (Å²) in [5.41, 5.74) is 1.76. The maximum Gasteiger partial charge on any atom is 0.313 e. The standard InChI is InChI=1S/C13H16N2O3S/c1-3-7-15-9-5-4-6-10(18-2)12(9)14-13(15)19-8-11(16)17/h4-6H,3,7-8H2,1-2H3,(H,16,17). The fourth-order valence-corrected chi connectivity index (χ4v) is 2.69. The van der Waals surface area contributed by atoms with Crippen molar-refractivity contribution in [3.05, 3.63) is 18.2 Å². The lowest BCUT2D eigenvalue weighted by molar-refractivity contribution is -0.133. The summed E-state index contributed by atoms with van der Waals surface area (Å²) in [6.45, 7) is 2.89. The third kappa shape index (κ3) is 2.84. The highest BCUT2D eigenvalue weighted by molar-refractivity contribution is 7.99. The first-order valence-corrected chi connectivity index (χ1v) is 7.03. The van der Waals surface area contributed by atoms with Gasteiger partial charge in [0.15, 0.2) is 5.16 Å². The lowest BCUT2D eigenvalue weighted by atomic mass is 10.3. The minimum atomic E-state index is -0.841. The predicted octanol–water partition coefficient (Wildman–Crippen LogP) is 2.63. The van der Waals surface area contributed by atoms with Crippen LogP contribution in [0.25, 0.3) is 11.0 Å². The van der Waals surface area contributed by atoms with Crippen LogP contribution in [0.2, 0.25) is 0 Å². The Hall–Kier alpha value is -1.69. The number of para-hydroxylation sites is 1. The summed E-state index contributed by atoms with van der Waals surface area (Å²) >= 11 is 1.24. The number of hydrogen-bond donors (Lipinski definition) is 1. The molecule has 2 aromatic rings. The average molecular weight is 280 g/mol. The number of imidazole rings is 1. The molecule has 0 radical (unpaired) electrons. The molecule has 0 amide bonds. The molecule has 102 valence electrons. The molecule has 0 saturated heterocycles. The van der Waals surface area contributed by atoms with Gasteiger partial charge in [0, 0.05) is 6.54 Å². The molecule has 0 aliphatic heterocycles. The number of aromatic nitrogens is 2. The van der Waals surface area contributed by atoms with Gasteiger partial charge in [0.2, 0.25) is 0 Å². The van der Waals surface area contributed by atoms with Gasteiger partial charge >= 0.3 is 5.97 Å². The summed E-state index contributed by atoms with van der Waals surface area (Å²) in [7, 11) is 1.61. The van der Waals surface area contributed by atoms with E-state index in [1.54, 1.807) is 7.11 Å². The van der Waals surface area contributed by atoms with Crippen molar-refractivity contribution in [1.82, 2.24) is 9.55 Å². The molecule has 0 fully saturated rings. The molecular weight excluding hydrogens is 264 g/mol. The number of fused-ring (bicyclic) bond motifs is 1. The van der Waals surface area contributed by atoms with Gasteiger partial charge in [0.05, 0.1) is 18.4 Å². The van der Waals surface area contributed by atoms with E-state index in [-0.39, 0.29) is 5.75 Å². The first-order chi connectivity index (χ1) is 9.17. The van der Waals surface area contributed by atoms with Gasteiger partial charge < -0.3 is 14.4 Å². The third-order valence-electron chi connectivity index (χ3n) is 2.70. The van der Waals surface area contributed by atoms with Crippen LogP contribution in [0.5, 0.6) is 5.75 Å². The molecule has 0 saturated carbocycles. The van der Waals surface area contributed by atoms with Crippen molar-refractivity contribution < 1.29 is 14.6 Å². The van der Waals surface area contributed by atoms with Gasteiger partial charge in [-0.15, -0.1) is 0 Å². The lowest BCUT2D eigenvalue weighted by Gasteiger charge is -2.06. The SMILES string of the molecule is CCCn1c(SCC(=O)O)nc2c(OC)cccc21. The summed E-state index contributed by atoms with van der Waals surface area (Å²) in [4.78, 5) is 15.2.